The highest BCUT2D eigenvalue weighted by Crippen LogP contribution is 2.41. The van der Waals surface area contributed by atoms with Crippen LogP contribution in [0.15, 0.2) is 6.07 Å². The van der Waals surface area contributed by atoms with Gasteiger partial charge in [-0.15, -0.1) is 0 Å². The smallest absolute Gasteiger partial charge is 0.133 e. The number of aromatic nitrogens is 2. The summed E-state index contributed by atoms with van der Waals surface area (Å²) in [5.74, 6) is 2.47. The second kappa shape index (κ2) is 5.91. The maximum Gasteiger partial charge on any atom is 0.133 e. The molecule has 4 nitrogen and oxygen atoms in total. The highest BCUT2D eigenvalue weighted by molar-refractivity contribution is 5.40. The van der Waals surface area contributed by atoms with E-state index in [4.69, 9.17) is 9.72 Å². The Morgan fingerprint density at radius 2 is 1.76 bits per heavy atom. The lowest BCUT2D eigenvalue weighted by Crippen LogP contribution is -2.43. The molecule has 1 aromatic rings. The average molecular weight is 289 g/mol. The molecule has 0 amide bonds. The van der Waals surface area contributed by atoms with E-state index in [1.807, 2.05) is 0 Å². The van der Waals surface area contributed by atoms with E-state index in [1.165, 1.54) is 25.7 Å². The average Bonchev–Trinajstić information content (AvgIpc) is 2.48. The molecule has 0 aliphatic carbocycles. The SMILES string of the molecule is Cc1cc(N2CCC3(CCOCC3)CC2)nc(C(C)C)n1. The molecule has 2 aliphatic rings. The van der Waals surface area contributed by atoms with Gasteiger partial charge in [-0.25, -0.2) is 9.97 Å². The van der Waals surface area contributed by atoms with Gasteiger partial charge < -0.3 is 9.64 Å². The van der Waals surface area contributed by atoms with Gasteiger partial charge in [0.15, 0.2) is 0 Å². The summed E-state index contributed by atoms with van der Waals surface area (Å²) in [5, 5.41) is 0. The molecule has 0 atom stereocenters. The Bertz CT molecular complexity index is 485. The molecular formula is C17H27N3O. The van der Waals surface area contributed by atoms with E-state index in [0.29, 0.717) is 11.3 Å². The standard InChI is InChI=1S/C17H27N3O/c1-13(2)16-18-14(3)12-15(19-16)20-8-4-17(5-9-20)6-10-21-11-7-17/h12-13H,4-11H2,1-3H3. The van der Waals surface area contributed by atoms with Crippen LogP contribution in [0.1, 0.15) is 57.0 Å². The van der Waals surface area contributed by atoms with Crippen molar-refractivity contribution in [2.75, 3.05) is 31.2 Å². The zero-order valence-corrected chi connectivity index (χ0v) is 13.6. The Hall–Kier alpha value is -1.16. The second-order valence-corrected chi connectivity index (χ2v) is 6.98. The van der Waals surface area contributed by atoms with Gasteiger partial charge in [0.05, 0.1) is 0 Å². The number of hydrogen-bond acceptors (Lipinski definition) is 4. The highest BCUT2D eigenvalue weighted by Gasteiger charge is 2.36. The first-order valence-electron chi connectivity index (χ1n) is 8.26. The monoisotopic (exact) mass is 289 g/mol. The quantitative estimate of drug-likeness (QED) is 0.837. The van der Waals surface area contributed by atoms with Crippen molar-refractivity contribution in [3.05, 3.63) is 17.6 Å². The summed E-state index contributed by atoms with van der Waals surface area (Å²) in [6.45, 7) is 10.5. The third kappa shape index (κ3) is 3.20. The Morgan fingerprint density at radius 3 is 2.38 bits per heavy atom. The van der Waals surface area contributed by atoms with Crippen LogP contribution in [0.4, 0.5) is 5.82 Å². The van der Waals surface area contributed by atoms with Gasteiger partial charge in [-0.2, -0.15) is 0 Å². The van der Waals surface area contributed by atoms with Crippen molar-refractivity contribution in [1.82, 2.24) is 9.97 Å². The van der Waals surface area contributed by atoms with Crippen molar-refractivity contribution < 1.29 is 4.74 Å². The van der Waals surface area contributed by atoms with Crippen LogP contribution in [-0.4, -0.2) is 36.3 Å². The van der Waals surface area contributed by atoms with E-state index < -0.39 is 0 Å². The Labute approximate surface area is 127 Å². The number of aryl methyl sites for hydroxylation is 1. The summed E-state index contributed by atoms with van der Waals surface area (Å²) in [6.07, 6.45) is 5.02. The van der Waals surface area contributed by atoms with Crippen LogP contribution in [0.3, 0.4) is 0 Å². The van der Waals surface area contributed by atoms with Gasteiger partial charge in [0.2, 0.25) is 0 Å². The topological polar surface area (TPSA) is 38.2 Å². The van der Waals surface area contributed by atoms with Gasteiger partial charge in [0.1, 0.15) is 11.6 Å². The third-order valence-corrected chi connectivity index (χ3v) is 5.08. The van der Waals surface area contributed by atoms with Crippen molar-refractivity contribution in [1.29, 1.82) is 0 Å². The van der Waals surface area contributed by atoms with Gasteiger partial charge in [0.25, 0.3) is 0 Å². The maximum atomic E-state index is 5.53. The molecule has 0 saturated carbocycles. The number of nitrogens with zero attached hydrogens (tertiary/aromatic N) is 3. The molecule has 116 valence electrons. The number of anilines is 1. The first kappa shape index (κ1) is 14.8. The molecule has 4 heteroatoms. The van der Waals surface area contributed by atoms with Crippen molar-refractivity contribution in [2.45, 2.75) is 52.4 Å². The number of piperidine rings is 1. The van der Waals surface area contributed by atoms with Crippen LogP contribution >= 0.6 is 0 Å². The van der Waals surface area contributed by atoms with Crippen LogP contribution in [0.25, 0.3) is 0 Å². The van der Waals surface area contributed by atoms with E-state index in [1.54, 1.807) is 0 Å². The summed E-state index contributed by atoms with van der Waals surface area (Å²) in [7, 11) is 0. The van der Waals surface area contributed by atoms with Crippen molar-refractivity contribution in [3.63, 3.8) is 0 Å². The summed E-state index contributed by atoms with van der Waals surface area (Å²) in [4.78, 5) is 11.8. The Balaban J connectivity index is 1.71. The zero-order valence-electron chi connectivity index (χ0n) is 13.6. The van der Waals surface area contributed by atoms with Gasteiger partial charge in [0, 0.05) is 44.0 Å². The molecule has 21 heavy (non-hydrogen) atoms. The fourth-order valence-electron chi connectivity index (χ4n) is 3.51. The summed E-state index contributed by atoms with van der Waals surface area (Å²) in [6, 6.07) is 2.13. The predicted octanol–water partition coefficient (Wildman–Crippen LogP) is 3.31. The van der Waals surface area contributed by atoms with E-state index >= 15 is 0 Å². The van der Waals surface area contributed by atoms with Crippen LogP contribution in [0, 0.1) is 12.3 Å². The largest absolute Gasteiger partial charge is 0.381 e. The van der Waals surface area contributed by atoms with Crippen LogP contribution in [-0.2, 0) is 4.74 Å². The third-order valence-electron chi connectivity index (χ3n) is 5.08. The predicted molar refractivity (Wildman–Crippen MR) is 84.8 cm³/mol. The highest BCUT2D eigenvalue weighted by atomic mass is 16.5. The molecular weight excluding hydrogens is 262 g/mol. The number of rotatable bonds is 2. The number of hydrogen-bond donors (Lipinski definition) is 0. The maximum absolute atomic E-state index is 5.53. The van der Waals surface area contributed by atoms with E-state index in [2.05, 4.69) is 36.7 Å². The van der Waals surface area contributed by atoms with E-state index in [-0.39, 0.29) is 0 Å². The first-order valence-corrected chi connectivity index (χ1v) is 8.26. The normalized spacial score (nSPS) is 22.0. The molecule has 2 saturated heterocycles. The minimum atomic E-state index is 0.385. The second-order valence-electron chi connectivity index (χ2n) is 6.98. The summed E-state index contributed by atoms with van der Waals surface area (Å²) >= 11 is 0. The minimum Gasteiger partial charge on any atom is -0.381 e. The van der Waals surface area contributed by atoms with Crippen LogP contribution in [0.5, 0.6) is 0 Å². The lowest BCUT2D eigenvalue weighted by atomic mass is 9.72. The lowest BCUT2D eigenvalue weighted by molar-refractivity contribution is 0.00205. The van der Waals surface area contributed by atoms with Gasteiger partial charge in [-0.05, 0) is 38.0 Å². The fraction of sp³-hybridized carbons (Fsp3) is 0.765. The van der Waals surface area contributed by atoms with Crippen molar-refractivity contribution in [2.24, 2.45) is 5.41 Å². The lowest BCUT2D eigenvalue weighted by Gasteiger charge is -2.44. The molecule has 2 fully saturated rings. The Kier molecular flexibility index (Phi) is 4.16. The van der Waals surface area contributed by atoms with Crippen molar-refractivity contribution >= 4 is 5.82 Å². The molecule has 3 rings (SSSR count). The minimum absolute atomic E-state index is 0.385. The Morgan fingerprint density at radius 1 is 1.10 bits per heavy atom. The molecule has 0 radical (unpaired) electrons. The summed E-state index contributed by atoms with van der Waals surface area (Å²) in [5.41, 5.74) is 1.62. The molecule has 2 aliphatic heterocycles. The molecule has 3 heterocycles. The zero-order chi connectivity index (χ0) is 14.9. The molecule has 0 unspecified atom stereocenters. The van der Waals surface area contributed by atoms with Gasteiger partial charge in [-0.1, -0.05) is 13.8 Å². The molecule has 0 N–H and O–H groups in total. The first-order chi connectivity index (χ1) is 10.1. The van der Waals surface area contributed by atoms with E-state index in [9.17, 15) is 0 Å². The van der Waals surface area contributed by atoms with Crippen LogP contribution in [0.2, 0.25) is 0 Å². The van der Waals surface area contributed by atoms with Gasteiger partial charge in [-0.3, -0.25) is 0 Å². The van der Waals surface area contributed by atoms with Crippen LogP contribution < -0.4 is 4.90 Å². The summed E-state index contributed by atoms with van der Waals surface area (Å²) < 4.78 is 5.53. The molecule has 1 aromatic heterocycles. The molecule has 0 aromatic carbocycles. The fourth-order valence-corrected chi connectivity index (χ4v) is 3.51. The number of ether oxygens (including phenoxy) is 1. The van der Waals surface area contributed by atoms with Crippen molar-refractivity contribution in [3.8, 4) is 0 Å². The molecule has 1 spiro atoms. The molecule has 0 bridgehead atoms. The van der Waals surface area contributed by atoms with E-state index in [0.717, 1.165) is 43.6 Å². The van der Waals surface area contributed by atoms with Gasteiger partial charge >= 0.3 is 0 Å².